The Morgan fingerprint density at radius 3 is 2.76 bits per heavy atom. The number of hydrogen-bond donors (Lipinski definition) is 1. The summed E-state index contributed by atoms with van der Waals surface area (Å²) >= 11 is -1.32. The van der Waals surface area contributed by atoms with Crippen molar-refractivity contribution < 1.29 is 9.29 Å². The van der Waals surface area contributed by atoms with Crippen LogP contribution in [0.5, 0.6) is 0 Å². The van der Waals surface area contributed by atoms with Gasteiger partial charge in [-0.25, -0.2) is 0 Å². The van der Waals surface area contributed by atoms with Crippen LogP contribution in [-0.4, -0.2) is 39.9 Å². The van der Waals surface area contributed by atoms with E-state index in [0.29, 0.717) is 24.0 Å². The molecule has 1 aliphatic carbocycles. The molecule has 1 fully saturated rings. The van der Waals surface area contributed by atoms with Gasteiger partial charge in [0.25, 0.3) is 11.5 Å². The quantitative estimate of drug-likeness (QED) is 0.794. The Hall–Kier alpha value is -1.93. The third kappa shape index (κ3) is 4.01. The molecule has 2 atom stereocenters. The van der Waals surface area contributed by atoms with E-state index in [0.717, 1.165) is 11.3 Å². The van der Waals surface area contributed by atoms with Gasteiger partial charge in [-0.3, -0.25) is 4.79 Å². The first kappa shape index (κ1) is 17.9. The van der Waals surface area contributed by atoms with Crippen LogP contribution in [0.15, 0.2) is 33.4 Å². The van der Waals surface area contributed by atoms with Crippen LogP contribution in [0.2, 0.25) is 0 Å². The van der Waals surface area contributed by atoms with E-state index in [4.69, 9.17) is 4.74 Å². The van der Waals surface area contributed by atoms with Gasteiger partial charge in [0, 0.05) is 32.1 Å². The van der Waals surface area contributed by atoms with Gasteiger partial charge in [0.2, 0.25) is 0 Å². The molecule has 0 aromatic carbocycles. The highest BCUT2D eigenvalue weighted by molar-refractivity contribution is 7.89. The highest BCUT2D eigenvalue weighted by Crippen LogP contribution is 2.34. The first-order valence-electron chi connectivity index (χ1n) is 8.28. The highest BCUT2D eigenvalue weighted by Gasteiger charge is 2.33. The summed E-state index contributed by atoms with van der Waals surface area (Å²) in [4.78, 5) is 13.9. The van der Waals surface area contributed by atoms with E-state index >= 15 is 0 Å². The fraction of sp³-hybridized carbons (Fsp3) is 0.529. The number of rotatable bonds is 5. The molecule has 1 aromatic heterocycles. The number of likely N-dealkylation sites (N-methyl/N-ethyl adjacent to an activating group) is 1. The maximum Gasteiger partial charge on any atom is 0.253 e. The van der Waals surface area contributed by atoms with E-state index in [1.165, 1.54) is 19.1 Å². The van der Waals surface area contributed by atoms with Gasteiger partial charge in [0.15, 0.2) is 0 Å². The van der Waals surface area contributed by atoms with Crippen molar-refractivity contribution in [3.8, 4) is 0 Å². The number of nitrogens with zero attached hydrogens (tertiary/aromatic N) is 3. The van der Waals surface area contributed by atoms with Gasteiger partial charge in [-0.1, -0.05) is 0 Å². The third-order valence-corrected chi connectivity index (χ3v) is 4.86. The molecule has 1 aromatic rings. The zero-order chi connectivity index (χ0) is 18.1. The van der Waals surface area contributed by atoms with Gasteiger partial charge in [0.1, 0.15) is 18.1 Å². The molecule has 136 valence electrons. The van der Waals surface area contributed by atoms with Crippen molar-refractivity contribution in [2.45, 2.75) is 25.8 Å². The minimum absolute atomic E-state index is 0.0201. The van der Waals surface area contributed by atoms with Crippen molar-refractivity contribution in [2.75, 3.05) is 19.9 Å². The summed E-state index contributed by atoms with van der Waals surface area (Å²) in [6.07, 6.45) is 7.54. The molecule has 3 rings (SSSR count). The molecule has 8 heteroatoms. The SMILES string of the molecule is Cc1cc(C2C(OCC3CC3)=CNC(=N[S+](C)[O-])N2C)cn(C)c1=O. The average molecular weight is 364 g/mol. The van der Waals surface area contributed by atoms with Gasteiger partial charge >= 0.3 is 0 Å². The van der Waals surface area contributed by atoms with E-state index in [1.54, 1.807) is 24.7 Å². The zero-order valence-corrected chi connectivity index (χ0v) is 15.8. The second kappa shape index (κ2) is 7.13. The van der Waals surface area contributed by atoms with Crippen molar-refractivity contribution in [1.29, 1.82) is 0 Å². The molecule has 25 heavy (non-hydrogen) atoms. The number of hydrogen-bond acceptors (Lipinski definition) is 4. The molecule has 0 bridgehead atoms. The van der Waals surface area contributed by atoms with Crippen molar-refractivity contribution in [1.82, 2.24) is 14.8 Å². The fourth-order valence-corrected chi connectivity index (χ4v) is 3.33. The van der Waals surface area contributed by atoms with Gasteiger partial charge in [-0.05, 0) is 41.7 Å². The first-order chi connectivity index (χ1) is 11.9. The molecule has 0 spiro atoms. The second-order valence-electron chi connectivity index (χ2n) is 6.67. The van der Waals surface area contributed by atoms with Crippen molar-refractivity contribution in [2.24, 2.45) is 17.4 Å². The van der Waals surface area contributed by atoms with Crippen LogP contribution in [0.3, 0.4) is 0 Å². The van der Waals surface area contributed by atoms with E-state index in [2.05, 4.69) is 9.71 Å². The minimum Gasteiger partial charge on any atom is -0.591 e. The summed E-state index contributed by atoms with van der Waals surface area (Å²) < 4.78 is 23.3. The standard InChI is InChI=1S/C17H24N4O3S/c1-11-7-13(9-20(2)16(11)22)15-14(24-10-12-5-6-12)8-18-17(21(15)3)19-25(4)23/h7-9,12,15H,5-6,10H2,1-4H3,(H,18,19). The molecule has 1 saturated carbocycles. The van der Waals surface area contributed by atoms with Crippen LogP contribution in [0, 0.1) is 12.8 Å². The molecular weight excluding hydrogens is 340 g/mol. The first-order valence-corrected chi connectivity index (χ1v) is 9.80. The average Bonchev–Trinajstić information content (AvgIpc) is 3.36. The summed E-state index contributed by atoms with van der Waals surface area (Å²) in [5.74, 6) is 1.91. The number of ether oxygens (including phenoxy) is 1. The zero-order valence-electron chi connectivity index (χ0n) is 15.0. The lowest BCUT2D eigenvalue weighted by Crippen LogP contribution is -2.45. The minimum atomic E-state index is -1.32. The van der Waals surface area contributed by atoms with Crippen LogP contribution in [-0.2, 0) is 23.1 Å². The Morgan fingerprint density at radius 1 is 1.44 bits per heavy atom. The van der Waals surface area contributed by atoms with Gasteiger partial charge < -0.3 is 24.1 Å². The Balaban J connectivity index is 1.98. The smallest absolute Gasteiger partial charge is 0.253 e. The normalized spacial score (nSPS) is 23.2. The third-order valence-electron chi connectivity index (χ3n) is 4.43. The van der Waals surface area contributed by atoms with E-state index in [1.807, 2.05) is 24.2 Å². The highest BCUT2D eigenvalue weighted by atomic mass is 32.2. The number of guanidine groups is 1. The largest absolute Gasteiger partial charge is 0.591 e. The summed E-state index contributed by atoms with van der Waals surface area (Å²) in [5.41, 5.74) is 1.58. The van der Waals surface area contributed by atoms with E-state index in [9.17, 15) is 9.35 Å². The Kier molecular flexibility index (Phi) is 5.10. The van der Waals surface area contributed by atoms with Crippen LogP contribution < -0.4 is 10.9 Å². The predicted octanol–water partition coefficient (Wildman–Crippen LogP) is 1.19. The molecule has 2 heterocycles. The van der Waals surface area contributed by atoms with Crippen LogP contribution in [0.1, 0.15) is 30.0 Å². The Labute approximate surface area is 150 Å². The molecule has 7 nitrogen and oxygen atoms in total. The van der Waals surface area contributed by atoms with E-state index in [-0.39, 0.29) is 11.6 Å². The molecular formula is C17H24N4O3S. The van der Waals surface area contributed by atoms with Crippen molar-refractivity contribution in [3.05, 3.63) is 45.7 Å². The monoisotopic (exact) mass is 364 g/mol. The lowest BCUT2D eigenvalue weighted by atomic mass is 10.0. The van der Waals surface area contributed by atoms with Crippen LogP contribution in [0.4, 0.5) is 0 Å². The Morgan fingerprint density at radius 2 is 2.16 bits per heavy atom. The number of aromatic nitrogens is 1. The maximum atomic E-state index is 12.0. The fourth-order valence-electron chi connectivity index (χ4n) is 2.91. The second-order valence-corrected chi connectivity index (χ2v) is 7.70. The molecule has 2 aliphatic rings. The van der Waals surface area contributed by atoms with Crippen molar-refractivity contribution >= 4 is 17.3 Å². The lowest BCUT2D eigenvalue weighted by molar-refractivity contribution is 0.148. The Bertz CT molecular complexity index is 741. The number of pyridine rings is 1. The van der Waals surface area contributed by atoms with Crippen LogP contribution >= 0.6 is 0 Å². The molecule has 1 N–H and O–H groups in total. The summed E-state index contributed by atoms with van der Waals surface area (Å²) in [5, 5.41) is 3.06. The lowest BCUT2D eigenvalue weighted by Gasteiger charge is -2.35. The summed E-state index contributed by atoms with van der Waals surface area (Å²) in [6, 6.07) is 1.65. The van der Waals surface area contributed by atoms with E-state index < -0.39 is 11.4 Å². The van der Waals surface area contributed by atoms with Gasteiger partial charge in [-0.2, -0.15) is 0 Å². The van der Waals surface area contributed by atoms with Crippen LogP contribution in [0.25, 0.3) is 0 Å². The predicted molar refractivity (Wildman–Crippen MR) is 98.3 cm³/mol. The summed E-state index contributed by atoms with van der Waals surface area (Å²) in [6.45, 7) is 2.49. The molecule has 0 saturated heterocycles. The number of aryl methyl sites for hydroxylation is 2. The van der Waals surface area contributed by atoms with Crippen molar-refractivity contribution in [3.63, 3.8) is 0 Å². The summed E-state index contributed by atoms with van der Waals surface area (Å²) in [7, 11) is 3.61. The van der Waals surface area contributed by atoms with Gasteiger partial charge in [0.05, 0.1) is 18.0 Å². The maximum absolute atomic E-state index is 12.0. The molecule has 0 amide bonds. The number of nitrogens with one attached hydrogen (secondary N) is 1. The topological polar surface area (TPSA) is 81.9 Å². The van der Waals surface area contributed by atoms with Gasteiger partial charge in [-0.15, -0.1) is 0 Å². The molecule has 1 aliphatic heterocycles. The molecule has 0 radical (unpaired) electrons. The molecule has 2 unspecified atom stereocenters.